The van der Waals surface area contributed by atoms with Crippen LogP contribution < -0.4 is 10.1 Å². The van der Waals surface area contributed by atoms with E-state index in [0.29, 0.717) is 10.9 Å². The van der Waals surface area contributed by atoms with Gasteiger partial charge in [0.1, 0.15) is 5.75 Å². The molecular formula is C17H15F2N3O2. The second-order valence-electron chi connectivity index (χ2n) is 5.29. The van der Waals surface area contributed by atoms with E-state index in [9.17, 15) is 13.6 Å². The Labute approximate surface area is 136 Å². The van der Waals surface area contributed by atoms with Crippen molar-refractivity contribution in [2.24, 2.45) is 0 Å². The van der Waals surface area contributed by atoms with E-state index >= 15 is 0 Å². The van der Waals surface area contributed by atoms with E-state index in [1.807, 2.05) is 25.1 Å². The molecule has 0 spiro atoms. The van der Waals surface area contributed by atoms with E-state index < -0.39 is 12.5 Å². The number of alkyl halides is 2. The summed E-state index contributed by atoms with van der Waals surface area (Å²) in [6.45, 7) is -0.936. The van der Waals surface area contributed by atoms with Crippen molar-refractivity contribution in [2.75, 3.05) is 0 Å². The number of aromatic nitrogens is 2. The molecule has 0 bridgehead atoms. The Morgan fingerprint density at radius 2 is 2.08 bits per heavy atom. The molecule has 0 aliphatic heterocycles. The standard InChI is InChI=1S/C17H15F2N3O2/c1-10-6-7-13-12(8-10)15(22-21-13)16(23)20-9-11-4-2-3-5-14(11)24-17(18)19/h2-8,17H,9H2,1H3,(H,20,23)(H,21,22). The van der Waals surface area contributed by atoms with Crippen LogP contribution in [0.4, 0.5) is 8.78 Å². The number of rotatable bonds is 5. The minimum atomic E-state index is -2.92. The second kappa shape index (κ2) is 6.66. The second-order valence-corrected chi connectivity index (χ2v) is 5.29. The van der Waals surface area contributed by atoms with Gasteiger partial charge in [0.2, 0.25) is 0 Å². The number of H-pyrrole nitrogens is 1. The van der Waals surface area contributed by atoms with Crippen molar-refractivity contribution in [1.29, 1.82) is 0 Å². The van der Waals surface area contributed by atoms with Crippen molar-refractivity contribution >= 4 is 16.8 Å². The number of nitrogens with zero attached hydrogens (tertiary/aromatic N) is 1. The van der Waals surface area contributed by atoms with Gasteiger partial charge in [-0.2, -0.15) is 13.9 Å². The zero-order chi connectivity index (χ0) is 17.1. The molecule has 0 saturated heterocycles. The van der Waals surface area contributed by atoms with Crippen molar-refractivity contribution < 1.29 is 18.3 Å². The van der Waals surface area contributed by atoms with Crippen LogP contribution in [0.15, 0.2) is 42.5 Å². The summed E-state index contributed by atoms with van der Waals surface area (Å²) in [6.07, 6.45) is 0. The van der Waals surface area contributed by atoms with Crippen molar-refractivity contribution in [3.05, 3.63) is 59.3 Å². The Hall–Kier alpha value is -2.96. The first kappa shape index (κ1) is 15.9. The van der Waals surface area contributed by atoms with Crippen LogP contribution in [0.3, 0.4) is 0 Å². The van der Waals surface area contributed by atoms with E-state index in [1.165, 1.54) is 6.07 Å². The van der Waals surface area contributed by atoms with Gasteiger partial charge in [-0.25, -0.2) is 0 Å². The molecule has 1 aromatic heterocycles. The highest BCUT2D eigenvalue weighted by molar-refractivity contribution is 6.04. The first-order chi connectivity index (χ1) is 11.5. The number of hydrogen-bond acceptors (Lipinski definition) is 3. The minimum Gasteiger partial charge on any atom is -0.434 e. The van der Waals surface area contributed by atoms with Gasteiger partial charge in [-0.05, 0) is 25.1 Å². The summed E-state index contributed by atoms with van der Waals surface area (Å²) in [4.78, 5) is 12.4. The van der Waals surface area contributed by atoms with Gasteiger partial charge in [-0.3, -0.25) is 9.89 Å². The number of amides is 1. The monoisotopic (exact) mass is 331 g/mol. The van der Waals surface area contributed by atoms with Gasteiger partial charge in [0.05, 0.1) is 5.52 Å². The Morgan fingerprint density at radius 3 is 2.88 bits per heavy atom. The maximum absolute atomic E-state index is 12.4. The summed E-state index contributed by atoms with van der Waals surface area (Å²) >= 11 is 0. The van der Waals surface area contributed by atoms with Crippen LogP contribution >= 0.6 is 0 Å². The molecule has 3 rings (SSSR count). The van der Waals surface area contributed by atoms with Crippen molar-refractivity contribution in [3.8, 4) is 5.75 Å². The highest BCUT2D eigenvalue weighted by atomic mass is 19.3. The fourth-order valence-electron chi connectivity index (χ4n) is 2.42. The number of ether oxygens (including phenoxy) is 1. The molecule has 0 aliphatic carbocycles. The van der Waals surface area contributed by atoms with E-state index in [0.717, 1.165) is 11.1 Å². The lowest BCUT2D eigenvalue weighted by Crippen LogP contribution is -2.24. The normalized spacial score (nSPS) is 11.0. The van der Waals surface area contributed by atoms with E-state index in [2.05, 4.69) is 20.3 Å². The maximum atomic E-state index is 12.4. The molecule has 3 aromatic rings. The lowest BCUT2D eigenvalue weighted by molar-refractivity contribution is -0.0504. The highest BCUT2D eigenvalue weighted by Crippen LogP contribution is 2.21. The minimum absolute atomic E-state index is 0.0375. The van der Waals surface area contributed by atoms with Crippen LogP contribution in [-0.2, 0) is 6.54 Å². The fraction of sp³-hybridized carbons (Fsp3) is 0.176. The fourth-order valence-corrected chi connectivity index (χ4v) is 2.42. The van der Waals surface area contributed by atoms with Crippen LogP contribution in [0.1, 0.15) is 21.6 Å². The maximum Gasteiger partial charge on any atom is 0.387 e. The van der Waals surface area contributed by atoms with Gasteiger partial charge in [0.25, 0.3) is 5.91 Å². The molecule has 0 aliphatic rings. The molecule has 24 heavy (non-hydrogen) atoms. The van der Waals surface area contributed by atoms with Crippen molar-refractivity contribution in [2.45, 2.75) is 20.1 Å². The first-order valence-electron chi connectivity index (χ1n) is 7.30. The summed E-state index contributed by atoms with van der Waals surface area (Å²) in [7, 11) is 0. The quantitative estimate of drug-likeness (QED) is 0.753. The highest BCUT2D eigenvalue weighted by Gasteiger charge is 2.15. The summed E-state index contributed by atoms with van der Waals surface area (Å²) in [5.41, 5.74) is 2.49. The van der Waals surface area contributed by atoms with Gasteiger partial charge in [-0.1, -0.05) is 29.8 Å². The molecule has 0 atom stereocenters. The molecule has 5 nitrogen and oxygen atoms in total. The van der Waals surface area contributed by atoms with E-state index in [1.54, 1.807) is 18.2 Å². The number of fused-ring (bicyclic) bond motifs is 1. The van der Waals surface area contributed by atoms with Gasteiger partial charge in [-0.15, -0.1) is 0 Å². The zero-order valence-electron chi connectivity index (χ0n) is 12.8. The van der Waals surface area contributed by atoms with Crippen LogP contribution in [0.25, 0.3) is 10.9 Å². The molecule has 0 radical (unpaired) electrons. The molecule has 1 amide bonds. The smallest absolute Gasteiger partial charge is 0.387 e. The summed E-state index contributed by atoms with van der Waals surface area (Å²) in [5.74, 6) is -0.353. The van der Waals surface area contributed by atoms with Gasteiger partial charge >= 0.3 is 6.61 Å². The lowest BCUT2D eigenvalue weighted by Gasteiger charge is -2.11. The third-order valence-electron chi connectivity index (χ3n) is 3.56. The average molecular weight is 331 g/mol. The Balaban J connectivity index is 1.77. The number of hydrogen-bond donors (Lipinski definition) is 2. The Bertz CT molecular complexity index is 877. The molecule has 2 N–H and O–H groups in total. The Kier molecular flexibility index (Phi) is 4.41. The number of nitrogens with one attached hydrogen (secondary N) is 2. The van der Waals surface area contributed by atoms with Crippen LogP contribution in [0.2, 0.25) is 0 Å². The van der Waals surface area contributed by atoms with Gasteiger partial charge in [0.15, 0.2) is 5.69 Å². The van der Waals surface area contributed by atoms with Crippen molar-refractivity contribution in [1.82, 2.24) is 15.5 Å². The Morgan fingerprint density at radius 1 is 1.29 bits per heavy atom. The summed E-state index contributed by atoms with van der Waals surface area (Å²) in [5, 5.41) is 10.2. The number of aromatic amines is 1. The zero-order valence-corrected chi connectivity index (χ0v) is 12.8. The molecule has 0 fully saturated rings. The molecule has 124 valence electrons. The van der Waals surface area contributed by atoms with Crippen LogP contribution in [0, 0.1) is 6.92 Å². The van der Waals surface area contributed by atoms with E-state index in [4.69, 9.17) is 0 Å². The molecule has 0 unspecified atom stereocenters. The van der Waals surface area contributed by atoms with Crippen molar-refractivity contribution in [3.63, 3.8) is 0 Å². The third-order valence-corrected chi connectivity index (χ3v) is 3.56. The molecule has 2 aromatic carbocycles. The summed E-state index contributed by atoms with van der Waals surface area (Å²) in [6, 6.07) is 12.0. The number of carbonyl (C=O) groups is 1. The topological polar surface area (TPSA) is 67.0 Å². The molecular weight excluding hydrogens is 316 g/mol. The predicted molar refractivity (Wildman–Crippen MR) is 85.1 cm³/mol. The molecule has 7 heteroatoms. The number of para-hydroxylation sites is 1. The number of aryl methyl sites for hydroxylation is 1. The largest absolute Gasteiger partial charge is 0.434 e. The lowest BCUT2D eigenvalue weighted by atomic mass is 10.1. The molecule has 0 saturated carbocycles. The van der Waals surface area contributed by atoms with Gasteiger partial charge < -0.3 is 10.1 Å². The predicted octanol–water partition coefficient (Wildman–Crippen LogP) is 3.40. The summed E-state index contributed by atoms with van der Waals surface area (Å²) < 4.78 is 29.3. The molecule has 1 heterocycles. The van der Waals surface area contributed by atoms with Crippen LogP contribution in [0.5, 0.6) is 5.75 Å². The van der Waals surface area contributed by atoms with Crippen LogP contribution in [-0.4, -0.2) is 22.7 Å². The first-order valence-corrected chi connectivity index (χ1v) is 7.30. The number of carbonyl (C=O) groups excluding carboxylic acids is 1. The number of halogens is 2. The van der Waals surface area contributed by atoms with Gasteiger partial charge in [0, 0.05) is 17.5 Å². The van der Waals surface area contributed by atoms with E-state index in [-0.39, 0.29) is 18.0 Å². The number of benzene rings is 2. The SMILES string of the molecule is Cc1ccc2[nH]nc(C(=O)NCc3ccccc3OC(F)F)c2c1. The third kappa shape index (κ3) is 3.34. The average Bonchev–Trinajstić information content (AvgIpc) is 2.96.